The van der Waals surface area contributed by atoms with Gasteiger partial charge in [-0.1, -0.05) is 11.6 Å². The number of anilines is 1. The van der Waals surface area contributed by atoms with Crippen LogP contribution >= 0.6 is 11.6 Å². The second kappa shape index (κ2) is 8.10. The van der Waals surface area contributed by atoms with Gasteiger partial charge in [0.05, 0.1) is 14.2 Å². The van der Waals surface area contributed by atoms with Crippen molar-refractivity contribution in [3.05, 3.63) is 52.5 Å². The number of halogens is 1. The van der Waals surface area contributed by atoms with E-state index >= 15 is 0 Å². The maximum atomic E-state index is 13.1. The number of amides is 2. The van der Waals surface area contributed by atoms with Crippen LogP contribution in [0.1, 0.15) is 22.8 Å². The molecule has 148 valence electrons. The van der Waals surface area contributed by atoms with E-state index in [0.29, 0.717) is 35.2 Å². The highest BCUT2D eigenvalue weighted by Gasteiger charge is 2.36. The van der Waals surface area contributed by atoms with E-state index < -0.39 is 6.04 Å². The van der Waals surface area contributed by atoms with Gasteiger partial charge < -0.3 is 19.3 Å². The van der Waals surface area contributed by atoms with E-state index in [1.165, 1.54) is 14.2 Å². The Morgan fingerprint density at radius 3 is 2.29 bits per heavy atom. The monoisotopic (exact) mass is 402 g/mol. The van der Waals surface area contributed by atoms with Crippen LogP contribution in [0.3, 0.4) is 0 Å². The zero-order valence-corrected chi connectivity index (χ0v) is 17.1. The van der Waals surface area contributed by atoms with Gasteiger partial charge in [-0.05, 0) is 49.7 Å². The summed E-state index contributed by atoms with van der Waals surface area (Å²) in [6.07, 6.45) is 0. The maximum Gasteiger partial charge on any atom is 0.254 e. The molecule has 1 heterocycles. The average molecular weight is 403 g/mol. The largest absolute Gasteiger partial charge is 0.497 e. The van der Waals surface area contributed by atoms with E-state index in [1.807, 2.05) is 19.1 Å². The highest BCUT2D eigenvalue weighted by molar-refractivity contribution is 6.30. The Hall–Kier alpha value is -2.73. The predicted octanol–water partition coefficient (Wildman–Crippen LogP) is 3.54. The van der Waals surface area contributed by atoms with E-state index in [9.17, 15) is 9.59 Å². The van der Waals surface area contributed by atoms with Crippen LogP contribution in [-0.2, 0) is 4.79 Å². The zero-order valence-electron chi connectivity index (χ0n) is 16.4. The molecule has 0 aromatic heterocycles. The first kappa shape index (κ1) is 20.0. The third-order valence-corrected chi connectivity index (χ3v) is 5.20. The smallest absolute Gasteiger partial charge is 0.254 e. The summed E-state index contributed by atoms with van der Waals surface area (Å²) < 4.78 is 10.5. The molecule has 1 unspecified atom stereocenters. The number of nitrogens with zero attached hydrogens (tertiary/aromatic N) is 2. The van der Waals surface area contributed by atoms with Crippen LogP contribution in [0.4, 0.5) is 5.69 Å². The maximum absolute atomic E-state index is 13.1. The molecule has 0 spiro atoms. The minimum atomic E-state index is -0.589. The number of carbonyl (C=O) groups excluding carboxylic acids is 2. The molecule has 1 saturated heterocycles. The first-order valence-corrected chi connectivity index (χ1v) is 9.35. The Morgan fingerprint density at radius 2 is 1.71 bits per heavy atom. The molecule has 1 atom stereocenters. The quantitative estimate of drug-likeness (QED) is 0.784. The predicted molar refractivity (Wildman–Crippen MR) is 109 cm³/mol. The number of methoxy groups -OCH3 is 2. The lowest BCUT2D eigenvalue weighted by atomic mass is 10.1. The first-order chi connectivity index (χ1) is 13.3. The normalized spacial score (nSPS) is 16.9. The fourth-order valence-corrected chi connectivity index (χ4v) is 3.63. The number of piperazine rings is 1. The number of carbonyl (C=O) groups is 2. The molecule has 0 bridgehead atoms. The van der Waals surface area contributed by atoms with Crippen molar-refractivity contribution in [2.45, 2.75) is 19.9 Å². The van der Waals surface area contributed by atoms with E-state index in [2.05, 4.69) is 0 Å². The van der Waals surface area contributed by atoms with Crippen LogP contribution in [0.25, 0.3) is 0 Å². The fourth-order valence-electron chi connectivity index (χ4n) is 3.41. The van der Waals surface area contributed by atoms with Gasteiger partial charge in [0.1, 0.15) is 17.5 Å². The number of benzene rings is 2. The summed E-state index contributed by atoms with van der Waals surface area (Å²) in [6, 6.07) is 9.85. The van der Waals surface area contributed by atoms with Crippen molar-refractivity contribution >= 4 is 29.1 Å². The van der Waals surface area contributed by atoms with Crippen LogP contribution in [0.2, 0.25) is 5.02 Å². The standard InChI is InChI=1S/C21H23ClN2O4/c1-13-9-16(22)5-6-19(13)24-8-7-23(14(2)20(24)25)21(26)15-10-17(27-3)12-18(11-15)28-4/h5-6,9-12,14H,7-8H2,1-4H3. The summed E-state index contributed by atoms with van der Waals surface area (Å²) in [5, 5.41) is 0.627. The molecule has 0 radical (unpaired) electrons. The van der Waals surface area contributed by atoms with Crippen molar-refractivity contribution in [2.75, 3.05) is 32.2 Å². The minimum Gasteiger partial charge on any atom is -0.497 e. The molecule has 1 fully saturated rings. The van der Waals surface area contributed by atoms with Gasteiger partial charge >= 0.3 is 0 Å². The summed E-state index contributed by atoms with van der Waals surface area (Å²) in [7, 11) is 3.06. The lowest BCUT2D eigenvalue weighted by molar-refractivity contribution is -0.124. The molecule has 0 aliphatic carbocycles. The van der Waals surface area contributed by atoms with Gasteiger partial charge in [-0.2, -0.15) is 0 Å². The van der Waals surface area contributed by atoms with Gasteiger partial charge in [0.2, 0.25) is 5.91 Å². The molecule has 0 N–H and O–H groups in total. The molecular weight excluding hydrogens is 380 g/mol. The van der Waals surface area contributed by atoms with Crippen molar-refractivity contribution in [3.63, 3.8) is 0 Å². The number of hydrogen-bond donors (Lipinski definition) is 0. The van der Waals surface area contributed by atoms with E-state index in [0.717, 1.165) is 11.3 Å². The van der Waals surface area contributed by atoms with Gasteiger partial charge in [-0.15, -0.1) is 0 Å². The summed E-state index contributed by atoms with van der Waals surface area (Å²) >= 11 is 6.03. The molecule has 2 aromatic carbocycles. The van der Waals surface area contributed by atoms with Gasteiger partial charge in [0.15, 0.2) is 0 Å². The third-order valence-electron chi connectivity index (χ3n) is 4.96. The van der Waals surface area contributed by atoms with Gasteiger partial charge in [-0.25, -0.2) is 0 Å². The Morgan fingerprint density at radius 1 is 1.07 bits per heavy atom. The molecule has 2 aromatic rings. The Kier molecular flexibility index (Phi) is 5.79. The molecule has 28 heavy (non-hydrogen) atoms. The molecule has 0 saturated carbocycles. The molecule has 6 nitrogen and oxygen atoms in total. The summed E-state index contributed by atoms with van der Waals surface area (Å²) in [4.78, 5) is 29.4. The molecule has 1 aliphatic rings. The molecule has 2 amide bonds. The van der Waals surface area contributed by atoms with E-state index in [4.69, 9.17) is 21.1 Å². The first-order valence-electron chi connectivity index (χ1n) is 8.97. The van der Waals surface area contributed by atoms with Crippen LogP contribution in [0.15, 0.2) is 36.4 Å². The van der Waals surface area contributed by atoms with Crippen LogP contribution in [-0.4, -0.2) is 50.1 Å². The van der Waals surface area contributed by atoms with Crippen LogP contribution in [0.5, 0.6) is 11.5 Å². The molecule has 1 aliphatic heterocycles. The summed E-state index contributed by atoms with van der Waals surface area (Å²) in [6.45, 7) is 4.50. The van der Waals surface area contributed by atoms with Gasteiger partial charge in [-0.3, -0.25) is 9.59 Å². The number of hydrogen-bond acceptors (Lipinski definition) is 4. The lowest BCUT2D eigenvalue weighted by Gasteiger charge is -2.39. The van der Waals surface area contributed by atoms with Crippen molar-refractivity contribution in [3.8, 4) is 11.5 Å². The van der Waals surface area contributed by atoms with E-state index in [1.54, 1.807) is 41.0 Å². The van der Waals surface area contributed by atoms with Gasteiger partial charge in [0.25, 0.3) is 5.91 Å². The Labute approximate surface area is 169 Å². The summed E-state index contributed by atoms with van der Waals surface area (Å²) in [5.41, 5.74) is 2.16. The van der Waals surface area contributed by atoms with Crippen molar-refractivity contribution in [1.82, 2.24) is 4.90 Å². The zero-order chi connectivity index (χ0) is 20.4. The van der Waals surface area contributed by atoms with Crippen molar-refractivity contribution in [2.24, 2.45) is 0 Å². The molecule has 7 heteroatoms. The lowest BCUT2D eigenvalue weighted by Crippen LogP contribution is -2.57. The van der Waals surface area contributed by atoms with Gasteiger partial charge in [0, 0.05) is 35.4 Å². The topological polar surface area (TPSA) is 59.1 Å². The van der Waals surface area contributed by atoms with Crippen molar-refractivity contribution < 1.29 is 19.1 Å². The Bertz CT molecular complexity index is 893. The number of ether oxygens (including phenoxy) is 2. The number of rotatable bonds is 4. The second-order valence-corrected chi connectivity index (χ2v) is 7.13. The van der Waals surface area contributed by atoms with E-state index in [-0.39, 0.29) is 11.8 Å². The SMILES string of the molecule is COc1cc(OC)cc(C(=O)N2CCN(c3ccc(Cl)cc3C)C(=O)C2C)c1. The number of aryl methyl sites for hydroxylation is 1. The highest BCUT2D eigenvalue weighted by atomic mass is 35.5. The minimum absolute atomic E-state index is 0.125. The molecule has 3 rings (SSSR count). The van der Waals surface area contributed by atoms with Crippen LogP contribution < -0.4 is 14.4 Å². The second-order valence-electron chi connectivity index (χ2n) is 6.70. The highest BCUT2D eigenvalue weighted by Crippen LogP contribution is 2.28. The van der Waals surface area contributed by atoms with Crippen LogP contribution in [0, 0.1) is 6.92 Å². The fraction of sp³-hybridized carbons (Fsp3) is 0.333. The van der Waals surface area contributed by atoms with Crippen molar-refractivity contribution in [1.29, 1.82) is 0 Å². The average Bonchev–Trinajstić information content (AvgIpc) is 2.69. The Balaban J connectivity index is 1.85. The summed E-state index contributed by atoms with van der Waals surface area (Å²) in [5.74, 6) is 0.694. The third kappa shape index (κ3) is 3.78. The molecular formula is C21H23ClN2O4.